The Morgan fingerprint density at radius 3 is 3.12 bits per heavy atom. The highest BCUT2D eigenvalue weighted by Crippen LogP contribution is 2.23. The van der Waals surface area contributed by atoms with Crippen LogP contribution < -0.4 is 10.6 Å². The minimum absolute atomic E-state index is 0.265. The summed E-state index contributed by atoms with van der Waals surface area (Å²) >= 11 is 3.24. The van der Waals surface area contributed by atoms with Gasteiger partial charge < -0.3 is 15.7 Å². The monoisotopic (exact) mass is 285 g/mol. The number of fused-ring (bicyclic) bond motifs is 1. The summed E-state index contributed by atoms with van der Waals surface area (Å²) in [5.74, 6) is -0.366. The molecular formula is C9H8BrN3O3. The minimum atomic E-state index is -1.22. The highest BCUT2D eigenvalue weighted by Gasteiger charge is 2.28. The SMILES string of the molecule is O=C(O)NC1Cc2ncc(Br)cc2NC1=O. The van der Waals surface area contributed by atoms with E-state index < -0.39 is 12.1 Å². The highest BCUT2D eigenvalue weighted by atomic mass is 79.9. The second-order valence-corrected chi connectivity index (χ2v) is 4.26. The molecule has 2 amide bonds. The first kappa shape index (κ1) is 10.9. The molecule has 3 N–H and O–H groups in total. The van der Waals surface area contributed by atoms with Gasteiger partial charge in [-0.05, 0) is 22.0 Å². The van der Waals surface area contributed by atoms with E-state index in [0.717, 1.165) is 4.47 Å². The third-order valence-electron chi connectivity index (χ3n) is 2.21. The number of anilines is 1. The molecule has 7 heteroatoms. The first-order chi connectivity index (χ1) is 7.56. The Morgan fingerprint density at radius 2 is 2.44 bits per heavy atom. The van der Waals surface area contributed by atoms with Crippen molar-refractivity contribution in [1.82, 2.24) is 10.3 Å². The maximum absolute atomic E-state index is 11.5. The van der Waals surface area contributed by atoms with E-state index in [2.05, 4.69) is 31.5 Å². The molecule has 0 radical (unpaired) electrons. The number of nitrogens with one attached hydrogen (secondary N) is 2. The summed E-state index contributed by atoms with van der Waals surface area (Å²) in [5, 5.41) is 13.3. The fourth-order valence-electron chi connectivity index (χ4n) is 1.51. The van der Waals surface area contributed by atoms with Gasteiger partial charge in [0, 0.05) is 17.1 Å². The van der Waals surface area contributed by atoms with Crippen molar-refractivity contribution < 1.29 is 14.7 Å². The van der Waals surface area contributed by atoms with E-state index in [4.69, 9.17) is 5.11 Å². The molecule has 0 fully saturated rings. The van der Waals surface area contributed by atoms with E-state index in [-0.39, 0.29) is 12.3 Å². The van der Waals surface area contributed by atoms with Crippen molar-refractivity contribution in [3.8, 4) is 0 Å². The second kappa shape index (κ2) is 4.09. The van der Waals surface area contributed by atoms with Gasteiger partial charge in [0.1, 0.15) is 6.04 Å². The van der Waals surface area contributed by atoms with Gasteiger partial charge in [-0.2, -0.15) is 0 Å². The van der Waals surface area contributed by atoms with E-state index in [1.165, 1.54) is 0 Å². The van der Waals surface area contributed by atoms with Crippen molar-refractivity contribution in [2.45, 2.75) is 12.5 Å². The molecule has 0 bridgehead atoms. The average Bonchev–Trinajstić information content (AvgIpc) is 2.19. The van der Waals surface area contributed by atoms with Crippen molar-refractivity contribution in [2.24, 2.45) is 0 Å². The molecule has 1 unspecified atom stereocenters. The molecule has 1 aliphatic rings. The Hall–Kier alpha value is -1.63. The molecule has 2 rings (SSSR count). The van der Waals surface area contributed by atoms with E-state index in [0.29, 0.717) is 11.4 Å². The van der Waals surface area contributed by atoms with Crippen molar-refractivity contribution in [3.05, 3.63) is 22.4 Å². The summed E-state index contributed by atoms with van der Waals surface area (Å²) in [7, 11) is 0. The van der Waals surface area contributed by atoms with Gasteiger partial charge in [-0.1, -0.05) is 0 Å². The maximum atomic E-state index is 11.5. The topological polar surface area (TPSA) is 91.3 Å². The number of carboxylic acid groups (broad SMARTS) is 1. The summed E-state index contributed by atoms with van der Waals surface area (Å²) in [6.45, 7) is 0. The second-order valence-electron chi connectivity index (χ2n) is 3.34. The van der Waals surface area contributed by atoms with Crippen molar-refractivity contribution >= 4 is 33.6 Å². The van der Waals surface area contributed by atoms with E-state index >= 15 is 0 Å². The molecule has 1 atom stereocenters. The molecule has 1 aromatic rings. The van der Waals surface area contributed by atoms with Gasteiger partial charge in [0.2, 0.25) is 5.91 Å². The average molecular weight is 286 g/mol. The lowest BCUT2D eigenvalue weighted by Crippen LogP contribution is -2.47. The quantitative estimate of drug-likeness (QED) is 0.717. The minimum Gasteiger partial charge on any atom is -0.465 e. The van der Waals surface area contributed by atoms with E-state index in [1.54, 1.807) is 12.3 Å². The van der Waals surface area contributed by atoms with Gasteiger partial charge in [-0.3, -0.25) is 9.78 Å². The van der Waals surface area contributed by atoms with Gasteiger partial charge >= 0.3 is 6.09 Å². The largest absolute Gasteiger partial charge is 0.465 e. The highest BCUT2D eigenvalue weighted by molar-refractivity contribution is 9.10. The number of pyridine rings is 1. The molecule has 0 aliphatic carbocycles. The van der Waals surface area contributed by atoms with Crippen LogP contribution in [0.2, 0.25) is 0 Å². The Bertz CT molecular complexity index is 463. The predicted octanol–water partition coefficient (Wildman–Crippen LogP) is 0.975. The fraction of sp³-hybridized carbons (Fsp3) is 0.222. The van der Waals surface area contributed by atoms with Crippen molar-refractivity contribution in [2.75, 3.05) is 5.32 Å². The van der Waals surface area contributed by atoms with Crippen LogP contribution >= 0.6 is 15.9 Å². The Morgan fingerprint density at radius 1 is 1.69 bits per heavy atom. The predicted molar refractivity (Wildman–Crippen MR) is 59.2 cm³/mol. The van der Waals surface area contributed by atoms with Crippen LogP contribution in [0, 0.1) is 0 Å². The molecule has 1 aliphatic heterocycles. The van der Waals surface area contributed by atoms with Crippen LogP contribution in [0.4, 0.5) is 10.5 Å². The molecule has 1 aromatic heterocycles. The normalized spacial score (nSPS) is 18.6. The third-order valence-corrected chi connectivity index (χ3v) is 2.64. The lowest BCUT2D eigenvalue weighted by atomic mass is 10.0. The van der Waals surface area contributed by atoms with Crippen LogP contribution in [-0.2, 0) is 11.2 Å². The summed E-state index contributed by atoms with van der Waals surface area (Å²) in [6.07, 6.45) is 0.648. The molecule has 2 heterocycles. The maximum Gasteiger partial charge on any atom is 0.405 e. The molecule has 16 heavy (non-hydrogen) atoms. The number of hydrogen-bond donors (Lipinski definition) is 3. The van der Waals surface area contributed by atoms with Crippen molar-refractivity contribution in [3.63, 3.8) is 0 Å². The molecular weight excluding hydrogens is 278 g/mol. The van der Waals surface area contributed by atoms with Crippen LogP contribution in [0.15, 0.2) is 16.7 Å². The smallest absolute Gasteiger partial charge is 0.405 e. The van der Waals surface area contributed by atoms with Gasteiger partial charge in [0.05, 0.1) is 11.4 Å². The zero-order valence-corrected chi connectivity index (χ0v) is 9.61. The molecule has 0 spiro atoms. The van der Waals surface area contributed by atoms with Crippen LogP contribution in [-0.4, -0.2) is 28.1 Å². The summed E-state index contributed by atoms with van der Waals surface area (Å²) in [4.78, 5) is 26.1. The number of hydrogen-bond acceptors (Lipinski definition) is 3. The first-order valence-corrected chi connectivity index (χ1v) is 5.30. The Kier molecular flexibility index (Phi) is 2.78. The molecule has 84 valence electrons. The Labute approximate surface area is 99.2 Å². The summed E-state index contributed by atoms with van der Waals surface area (Å²) in [6, 6.07) is 0.954. The number of aromatic nitrogens is 1. The summed E-state index contributed by atoms with van der Waals surface area (Å²) < 4.78 is 0.760. The van der Waals surface area contributed by atoms with Gasteiger partial charge in [0.15, 0.2) is 0 Å². The molecule has 0 aromatic carbocycles. The third kappa shape index (κ3) is 2.13. The lowest BCUT2D eigenvalue weighted by molar-refractivity contribution is -0.118. The van der Waals surface area contributed by atoms with Crippen LogP contribution in [0.3, 0.4) is 0 Å². The number of amides is 2. The standard InChI is InChI=1S/C9H8BrN3O3/c10-4-1-6-5(11-3-4)2-7(8(14)12-6)13-9(15)16/h1,3,7,13H,2H2,(H,12,14)(H,15,16). The van der Waals surface area contributed by atoms with Gasteiger partial charge in [-0.25, -0.2) is 4.79 Å². The van der Waals surface area contributed by atoms with Gasteiger partial charge in [-0.15, -0.1) is 0 Å². The number of carbonyl (C=O) groups is 2. The first-order valence-electron chi connectivity index (χ1n) is 4.51. The number of carbonyl (C=O) groups excluding carboxylic acids is 1. The van der Waals surface area contributed by atoms with Crippen molar-refractivity contribution in [1.29, 1.82) is 0 Å². The van der Waals surface area contributed by atoms with E-state index in [9.17, 15) is 9.59 Å². The zero-order chi connectivity index (χ0) is 11.7. The lowest BCUT2D eigenvalue weighted by Gasteiger charge is -2.23. The van der Waals surface area contributed by atoms with E-state index in [1.807, 2.05) is 0 Å². The van der Waals surface area contributed by atoms with Crippen LogP contribution in [0.5, 0.6) is 0 Å². The fourth-order valence-corrected chi connectivity index (χ4v) is 1.84. The number of halogens is 1. The van der Waals surface area contributed by atoms with Gasteiger partial charge in [0.25, 0.3) is 0 Å². The molecule has 0 saturated carbocycles. The molecule has 6 nitrogen and oxygen atoms in total. The van der Waals surface area contributed by atoms with Crippen LogP contribution in [0.25, 0.3) is 0 Å². The molecule has 0 saturated heterocycles. The summed E-state index contributed by atoms with van der Waals surface area (Å²) in [5.41, 5.74) is 1.28. The zero-order valence-electron chi connectivity index (χ0n) is 8.03. The number of rotatable bonds is 1. The Balaban J connectivity index is 2.25. The number of nitrogens with zero attached hydrogens (tertiary/aromatic N) is 1. The van der Waals surface area contributed by atoms with Crippen LogP contribution in [0.1, 0.15) is 5.69 Å².